The molecule has 1 aromatic heterocycles. The van der Waals surface area contributed by atoms with Gasteiger partial charge in [-0.25, -0.2) is 4.79 Å². The zero-order chi connectivity index (χ0) is 22.8. The molecule has 0 N–H and O–H groups in total. The topological polar surface area (TPSA) is 64.3 Å². The monoisotopic (exact) mass is 430 g/mol. The molecule has 1 fully saturated rings. The highest BCUT2D eigenvalue weighted by molar-refractivity contribution is 5.95. The van der Waals surface area contributed by atoms with Gasteiger partial charge in [-0.3, -0.25) is 0 Å². The first kappa shape index (κ1) is 23.6. The molecular formula is C25H38N2O4. The first-order valence-electron chi connectivity index (χ1n) is 11.5. The third kappa shape index (κ3) is 5.59. The summed E-state index contributed by atoms with van der Waals surface area (Å²) >= 11 is 0. The maximum atomic E-state index is 12.9. The van der Waals surface area contributed by atoms with Crippen molar-refractivity contribution >= 4 is 11.8 Å². The van der Waals surface area contributed by atoms with Crippen LogP contribution >= 0.6 is 0 Å². The summed E-state index contributed by atoms with van der Waals surface area (Å²) in [4.78, 5) is 12.9. The molecule has 0 unspecified atom stereocenters. The molecule has 6 nitrogen and oxygen atoms in total. The van der Waals surface area contributed by atoms with E-state index < -0.39 is 11.7 Å². The summed E-state index contributed by atoms with van der Waals surface area (Å²) < 4.78 is 17.8. The lowest BCUT2D eigenvalue weighted by atomic mass is 9.75. The Kier molecular flexibility index (Phi) is 7.30. The fraction of sp³-hybridized carbons (Fsp3) is 0.680. The average molecular weight is 431 g/mol. The van der Waals surface area contributed by atoms with Gasteiger partial charge in [0.15, 0.2) is 0 Å². The van der Waals surface area contributed by atoms with Gasteiger partial charge in [-0.2, -0.15) is 10.1 Å². The minimum atomic E-state index is -0.611. The molecule has 0 bridgehead atoms. The number of ether oxygens (including phenoxy) is 2. The third-order valence-electron chi connectivity index (χ3n) is 6.30. The quantitative estimate of drug-likeness (QED) is 0.519. The van der Waals surface area contributed by atoms with Crippen LogP contribution in [0.2, 0.25) is 0 Å². The van der Waals surface area contributed by atoms with Gasteiger partial charge in [-0.1, -0.05) is 33.3 Å². The first-order valence-corrected chi connectivity index (χ1v) is 11.5. The SMILES string of the molecule is C=C[C@H]1[C@H](c2ccco2)C(CO[C@@H]2C[C@H](C)CC[C@H]2C(C)C)=NN1C(=O)OC(C)(C)C. The van der Waals surface area contributed by atoms with Crippen molar-refractivity contribution in [1.29, 1.82) is 0 Å². The molecule has 6 heteroatoms. The minimum absolute atomic E-state index is 0.196. The minimum Gasteiger partial charge on any atom is -0.469 e. The van der Waals surface area contributed by atoms with Crippen molar-refractivity contribution in [3.05, 3.63) is 36.8 Å². The van der Waals surface area contributed by atoms with E-state index in [1.165, 1.54) is 17.9 Å². The molecule has 31 heavy (non-hydrogen) atoms. The van der Waals surface area contributed by atoms with Gasteiger partial charge in [0.2, 0.25) is 0 Å². The van der Waals surface area contributed by atoms with E-state index >= 15 is 0 Å². The number of carbonyl (C=O) groups is 1. The Morgan fingerprint density at radius 1 is 1.39 bits per heavy atom. The van der Waals surface area contributed by atoms with Gasteiger partial charge < -0.3 is 13.9 Å². The number of hydrogen-bond donors (Lipinski definition) is 0. The average Bonchev–Trinajstić information content (AvgIpc) is 3.31. The second kappa shape index (κ2) is 9.60. The van der Waals surface area contributed by atoms with Crippen molar-refractivity contribution in [3.63, 3.8) is 0 Å². The third-order valence-corrected chi connectivity index (χ3v) is 6.30. The summed E-state index contributed by atoms with van der Waals surface area (Å²) in [5, 5.41) is 6.04. The molecule has 0 aromatic carbocycles. The lowest BCUT2D eigenvalue weighted by Gasteiger charge is -2.37. The maximum absolute atomic E-state index is 12.9. The van der Waals surface area contributed by atoms with Gasteiger partial charge in [0.25, 0.3) is 0 Å². The van der Waals surface area contributed by atoms with E-state index in [0.717, 1.165) is 17.9 Å². The predicted molar refractivity (Wildman–Crippen MR) is 122 cm³/mol. The first-order chi connectivity index (χ1) is 14.6. The Morgan fingerprint density at radius 2 is 2.13 bits per heavy atom. The summed E-state index contributed by atoms with van der Waals surface area (Å²) in [6.45, 7) is 16.7. The Bertz CT molecular complexity index is 778. The van der Waals surface area contributed by atoms with Crippen LogP contribution in [0.4, 0.5) is 4.79 Å². The van der Waals surface area contributed by atoms with E-state index in [4.69, 9.17) is 13.9 Å². The molecule has 1 aliphatic carbocycles. The standard InChI is InChI=1S/C25H38N2O4/c1-8-20-23(21-10-9-13-29-21)19(26-27(20)24(28)31-25(5,6)7)15-30-22-14-17(4)11-12-18(22)16(2)3/h8-10,13,16-18,20,22-23H,1,11-12,14-15H2,2-7H3/t17-,18+,20+,22-,23-/m1/s1. The van der Waals surface area contributed by atoms with E-state index in [1.807, 2.05) is 32.9 Å². The largest absolute Gasteiger partial charge is 0.469 e. The second-order valence-corrected chi connectivity index (χ2v) is 10.3. The van der Waals surface area contributed by atoms with Crippen LogP contribution in [0.3, 0.4) is 0 Å². The Labute approximate surface area is 186 Å². The van der Waals surface area contributed by atoms with Crippen LogP contribution in [-0.2, 0) is 9.47 Å². The van der Waals surface area contributed by atoms with Crippen molar-refractivity contribution in [2.45, 2.75) is 84.5 Å². The highest BCUT2D eigenvalue weighted by Crippen LogP contribution is 2.37. The molecule has 172 valence electrons. The van der Waals surface area contributed by atoms with Crippen molar-refractivity contribution in [3.8, 4) is 0 Å². The molecule has 1 aliphatic heterocycles. The maximum Gasteiger partial charge on any atom is 0.431 e. The zero-order valence-corrected chi connectivity index (χ0v) is 19.8. The molecule has 0 radical (unpaired) electrons. The van der Waals surface area contributed by atoms with Gasteiger partial charge in [0, 0.05) is 0 Å². The van der Waals surface area contributed by atoms with E-state index in [0.29, 0.717) is 24.4 Å². The van der Waals surface area contributed by atoms with Crippen LogP contribution in [0.5, 0.6) is 0 Å². The molecule has 1 amide bonds. The fourth-order valence-corrected chi connectivity index (χ4v) is 4.73. The smallest absolute Gasteiger partial charge is 0.431 e. The second-order valence-electron chi connectivity index (χ2n) is 10.3. The lowest BCUT2D eigenvalue weighted by molar-refractivity contribution is -0.0225. The molecule has 5 atom stereocenters. The van der Waals surface area contributed by atoms with Gasteiger partial charge in [-0.15, -0.1) is 6.58 Å². The van der Waals surface area contributed by atoms with Gasteiger partial charge in [0.1, 0.15) is 11.4 Å². The molecule has 0 saturated heterocycles. The molecular weight excluding hydrogens is 392 g/mol. The summed E-state index contributed by atoms with van der Waals surface area (Å²) in [6, 6.07) is 3.38. The lowest BCUT2D eigenvalue weighted by Crippen LogP contribution is -2.39. The Hall–Kier alpha value is -2.08. The van der Waals surface area contributed by atoms with E-state index in [1.54, 1.807) is 12.3 Å². The van der Waals surface area contributed by atoms with Crippen LogP contribution in [0.1, 0.15) is 72.5 Å². The number of furan rings is 1. The van der Waals surface area contributed by atoms with Crippen molar-refractivity contribution in [2.75, 3.05) is 6.61 Å². The number of rotatable bonds is 6. The predicted octanol–water partition coefficient (Wildman–Crippen LogP) is 6.00. The highest BCUT2D eigenvalue weighted by Gasteiger charge is 2.43. The van der Waals surface area contributed by atoms with Gasteiger partial charge >= 0.3 is 6.09 Å². The summed E-state index contributed by atoms with van der Waals surface area (Å²) in [7, 11) is 0. The number of amides is 1. The van der Waals surface area contributed by atoms with Crippen LogP contribution in [-0.4, -0.2) is 41.2 Å². The number of hydrazone groups is 1. The van der Waals surface area contributed by atoms with Gasteiger partial charge in [-0.05, 0) is 63.5 Å². The summed E-state index contributed by atoms with van der Waals surface area (Å²) in [5.74, 6) is 2.28. The van der Waals surface area contributed by atoms with E-state index in [-0.39, 0.29) is 18.1 Å². The molecule has 1 aromatic rings. The number of nitrogens with zero attached hydrogens (tertiary/aromatic N) is 2. The van der Waals surface area contributed by atoms with Crippen LogP contribution in [0, 0.1) is 17.8 Å². The molecule has 1 saturated carbocycles. The van der Waals surface area contributed by atoms with E-state index in [2.05, 4.69) is 32.5 Å². The molecule has 0 spiro atoms. The Morgan fingerprint density at radius 3 is 2.71 bits per heavy atom. The number of carbonyl (C=O) groups excluding carboxylic acids is 1. The van der Waals surface area contributed by atoms with Crippen LogP contribution < -0.4 is 0 Å². The van der Waals surface area contributed by atoms with Crippen molar-refractivity contribution in [2.24, 2.45) is 22.9 Å². The summed E-state index contributed by atoms with van der Waals surface area (Å²) in [5.41, 5.74) is 0.159. The van der Waals surface area contributed by atoms with E-state index in [9.17, 15) is 4.79 Å². The Balaban J connectivity index is 1.83. The van der Waals surface area contributed by atoms with Gasteiger partial charge in [0.05, 0.1) is 36.6 Å². The molecule has 3 rings (SSSR count). The molecule has 2 heterocycles. The normalized spacial score (nSPS) is 29.2. The fourth-order valence-electron chi connectivity index (χ4n) is 4.73. The van der Waals surface area contributed by atoms with Crippen LogP contribution in [0.25, 0.3) is 0 Å². The zero-order valence-electron chi connectivity index (χ0n) is 19.8. The highest BCUT2D eigenvalue weighted by atomic mass is 16.6. The van der Waals surface area contributed by atoms with Crippen molar-refractivity contribution in [1.82, 2.24) is 5.01 Å². The summed E-state index contributed by atoms with van der Waals surface area (Å²) in [6.07, 6.45) is 6.58. The number of hydrogen-bond acceptors (Lipinski definition) is 5. The van der Waals surface area contributed by atoms with Crippen molar-refractivity contribution < 1.29 is 18.7 Å². The van der Waals surface area contributed by atoms with Crippen LogP contribution in [0.15, 0.2) is 40.6 Å². The molecule has 2 aliphatic rings.